The topological polar surface area (TPSA) is 60.8 Å². The molecule has 3 heterocycles. The SMILES string of the molecule is CCOCCOc1c(C(=O)N2CCSCC2)sc2c1c(=O)n(C)c1ccccc21. The number of pyridine rings is 1. The Labute approximate surface area is 177 Å². The maximum atomic E-state index is 13.3. The van der Waals surface area contributed by atoms with Gasteiger partial charge in [0.05, 0.1) is 16.8 Å². The predicted molar refractivity (Wildman–Crippen MR) is 120 cm³/mol. The van der Waals surface area contributed by atoms with Crippen LogP contribution in [0, 0.1) is 0 Å². The van der Waals surface area contributed by atoms with Crippen LogP contribution in [0.3, 0.4) is 0 Å². The maximum Gasteiger partial charge on any atom is 0.267 e. The molecule has 1 saturated heterocycles. The van der Waals surface area contributed by atoms with Crippen LogP contribution in [-0.2, 0) is 11.8 Å². The van der Waals surface area contributed by atoms with Gasteiger partial charge in [-0.15, -0.1) is 11.3 Å². The zero-order chi connectivity index (χ0) is 20.4. The lowest BCUT2D eigenvalue weighted by atomic mass is 10.1. The van der Waals surface area contributed by atoms with E-state index in [-0.39, 0.29) is 11.5 Å². The van der Waals surface area contributed by atoms with Crippen molar-refractivity contribution in [2.45, 2.75) is 6.92 Å². The number of hydrogen-bond acceptors (Lipinski definition) is 6. The zero-order valence-corrected chi connectivity index (χ0v) is 18.2. The molecule has 154 valence electrons. The van der Waals surface area contributed by atoms with Gasteiger partial charge in [-0.2, -0.15) is 11.8 Å². The van der Waals surface area contributed by atoms with Crippen LogP contribution < -0.4 is 10.3 Å². The van der Waals surface area contributed by atoms with Crippen LogP contribution in [0.25, 0.3) is 21.0 Å². The van der Waals surface area contributed by atoms with Crippen molar-refractivity contribution in [3.63, 3.8) is 0 Å². The number of carbonyl (C=O) groups is 1. The van der Waals surface area contributed by atoms with Gasteiger partial charge in [0.25, 0.3) is 11.5 Å². The number of amides is 1. The Morgan fingerprint density at radius 1 is 1.17 bits per heavy atom. The average molecular weight is 433 g/mol. The number of fused-ring (bicyclic) bond motifs is 3. The van der Waals surface area contributed by atoms with E-state index in [1.54, 1.807) is 11.6 Å². The van der Waals surface area contributed by atoms with Crippen molar-refractivity contribution in [1.82, 2.24) is 9.47 Å². The van der Waals surface area contributed by atoms with Gasteiger partial charge in [0.2, 0.25) is 0 Å². The number of aromatic nitrogens is 1. The van der Waals surface area contributed by atoms with E-state index in [4.69, 9.17) is 9.47 Å². The van der Waals surface area contributed by atoms with Gasteiger partial charge in [-0.1, -0.05) is 18.2 Å². The Hall–Kier alpha value is -2.03. The molecule has 2 aromatic heterocycles. The molecule has 1 aromatic carbocycles. The van der Waals surface area contributed by atoms with Gasteiger partial charge in [-0.05, 0) is 13.0 Å². The molecule has 0 N–H and O–H groups in total. The lowest BCUT2D eigenvalue weighted by Gasteiger charge is -2.26. The van der Waals surface area contributed by atoms with Gasteiger partial charge in [0, 0.05) is 43.6 Å². The quantitative estimate of drug-likeness (QED) is 0.559. The highest BCUT2D eigenvalue weighted by Crippen LogP contribution is 2.40. The summed E-state index contributed by atoms with van der Waals surface area (Å²) in [7, 11) is 1.76. The monoisotopic (exact) mass is 432 g/mol. The molecule has 6 nitrogen and oxygen atoms in total. The minimum atomic E-state index is -0.144. The van der Waals surface area contributed by atoms with Gasteiger partial charge < -0.3 is 18.9 Å². The number of nitrogens with zero attached hydrogens (tertiary/aromatic N) is 2. The second-order valence-electron chi connectivity index (χ2n) is 6.80. The number of thiophene rings is 1. The molecule has 1 aliphatic heterocycles. The van der Waals surface area contributed by atoms with Gasteiger partial charge in [0.15, 0.2) is 5.75 Å². The zero-order valence-electron chi connectivity index (χ0n) is 16.6. The molecule has 3 aromatic rings. The summed E-state index contributed by atoms with van der Waals surface area (Å²) >= 11 is 3.22. The molecule has 1 amide bonds. The molecule has 0 atom stereocenters. The van der Waals surface area contributed by atoms with Crippen LogP contribution in [0.5, 0.6) is 5.75 Å². The third-order valence-corrected chi connectivity index (χ3v) is 7.20. The highest BCUT2D eigenvalue weighted by Gasteiger charge is 2.28. The predicted octanol–water partition coefficient (Wildman–Crippen LogP) is 3.36. The summed E-state index contributed by atoms with van der Waals surface area (Å²) in [6.45, 7) is 4.66. The van der Waals surface area contributed by atoms with E-state index in [1.807, 2.05) is 47.9 Å². The number of benzene rings is 1. The molecule has 0 radical (unpaired) electrons. The Morgan fingerprint density at radius 2 is 1.93 bits per heavy atom. The van der Waals surface area contributed by atoms with Gasteiger partial charge in [-0.25, -0.2) is 0 Å². The summed E-state index contributed by atoms with van der Waals surface area (Å²) in [5, 5.41) is 1.44. The van der Waals surface area contributed by atoms with E-state index in [2.05, 4.69) is 0 Å². The first kappa shape index (κ1) is 20.3. The van der Waals surface area contributed by atoms with Crippen LogP contribution in [-0.4, -0.2) is 59.8 Å². The Kier molecular flexibility index (Phi) is 6.12. The second kappa shape index (κ2) is 8.77. The maximum absolute atomic E-state index is 13.3. The van der Waals surface area contributed by atoms with Crippen LogP contribution in [0.1, 0.15) is 16.6 Å². The lowest BCUT2D eigenvalue weighted by molar-refractivity contribution is 0.0768. The van der Waals surface area contributed by atoms with Crippen LogP contribution in [0.4, 0.5) is 0 Å². The number of hydrogen-bond donors (Lipinski definition) is 0. The first-order chi connectivity index (χ1) is 14.1. The number of thioether (sulfide) groups is 1. The highest BCUT2D eigenvalue weighted by atomic mass is 32.2. The highest BCUT2D eigenvalue weighted by molar-refractivity contribution is 7.99. The Bertz CT molecular complexity index is 1100. The van der Waals surface area contributed by atoms with E-state index >= 15 is 0 Å². The number of rotatable bonds is 6. The standard InChI is InChI=1S/C21H24N2O4S2/c1-3-26-10-11-27-17-16-18(14-6-4-5-7-15(14)22(2)20(16)24)29-19(17)21(25)23-8-12-28-13-9-23/h4-7H,3,8-13H2,1-2H3. The van der Waals surface area contributed by atoms with E-state index in [0.29, 0.717) is 35.8 Å². The van der Waals surface area contributed by atoms with Crippen molar-refractivity contribution < 1.29 is 14.3 Å². The first-order valence-electron chi connectivity index (χ1n) is 9.75. The van der Waals surface area contributed by atoms with E-state index in [0.717, 1.165) is 40.2 Å². The average Bonchev–Trinajstić information content (AvgIpc) is 3.15. The molecule has 0 saturated carbocycles. The number of ether oxygens (including phenoxy) is 2. The second-order valence-corrected chi connectivity index (χ2v) is 9.04. The Morgan fingerprint density at radius 3 is 2.69 bits per heavy atom. The minimum absolute atomic E-state index is 0.0518. The molecular weight excluding hydrogens is 408 g/mol. The molecule has 1 aliphatic rings. The molecular formula is C21H24N2O4S2. The summed E-state index contributed by atoms with van der Waals surface area (Å²) in [5.41, 5.74) is 0.704. The summed E-state index contributed by atoms with van der Waals surface area (Å²) in [6.07, 6.45) is 0. The third kappa shape index (κ3) is 3.76. The van der Waals surface area contributed by atoms with Crippen LogP contribution in [0.2, 0.25) is 0 Å². The van der Waals surface area contributed by atoms with Crippen molar-refractivity contribution in [2.75, 3.05) is 44.4 Å². The smallest absolute Gasteiger partial charge is 0.267 e. The fourth-order valence-corrected chi connectivity index (χ4v) is 5.71. The van der Waals surface area contributed by atoms with Crippen LogP contribution in [0.15, 0.2) is 29.1 Å². The lowest BCUT2D eigenvalue weighted by Crippen LogP contribution is -2.37. The number of carbonyl (C=O) groups excluding carboxylic acids is 1. The summed E-state index contributed by atoms with van der Waals surface area (Å²) in [4.78, 5) is 28.9. The first-order valence-corrected chi connectivity index (χ1v) is 11.7. The van der Waals surface area contributed by atoms with E-state index in [9.17, 15) is 9.59 Å². The van der Waals surface area contributed by atoms with Crippen molar-refractivity contribution in [3.05, 3.63) is 39.5 Å². The minimum Gasteiger partial charge on any atom is -0.489 e. The normalized spacial score (nSPS) is 14.6. The van der Waals surface area contributed by atoms with Gasteiger partial charge >= 0.3 is 0 Å². The molecule has 0 aliphatic carbocycles. The third-order valence-electron chi connectivity index (χ3n) is 5.06. The summed E-state index contributed by atoms with van der Waals surface area (Å²) in [6, 6.07) is 7.78. The fraction of sp³-hybridized carbons (Fsp3) is 0.429. The van der Waals surface area contributed by atoms with Gasteiger partial charge in [-0.3, -0.25) is 9.59 Å². The largest absolute Gasteiger partial charge is 0.489 e. The molecule has 29 heavy (non-hydrogen) atoms. The van der Waals surface area contributed by atoms with Crippen LogP contribution >= 0.6 is 23.1 Å². The van der Waals surface area contributed by atoms with Crippen molar-refractivity contribution >= 4 is 50.0 Å². The fourth-order valence-electron chi connectivity index (χ4n) is 3.57. The molecule has 1 fully saturated rings. The number of aryl methyl sites for hydroxylation is 1. The molecule has 0 bridgehead atoms. The van der Waals surface area contributed by atoms with E-state index < -0.39 is 0 Å². The Balaban J connectivity index is 1.88. The van der Waals surface area contributed by atoms with Crippen molar-refractivity contribution in [1.29, 1.82) is 0 Å². The number of para-hydroxylation sites is 1. The van der Waals surface area contributed by atoms with E-state index in [1.165, 1.54) is 11.3 Å². The molecule has 0 spiro atoms. The van der Waals surface area contributed by atoms with Crippen molar-refractivity contribution in [3.8, 4) is 5.75 Å². The molecule has 0 unspecified atom stereocenters. The summed E-state index contributed by atoms with van der Waals surface area (Å²) < 4.78 is 13.8. The van der Waals surface area contributed by atoms with Gasteiger partial charge in [0.1, 0.15) is 16.9 Å². The molecule has 8 heteroatoms. The molecule has 4 rings (SSSR count). The van der Waals surface area contributed by atoms with Crippen molar-refractivity contribution in [2.24, 2.45) is 7.05 Å². The summed E-state index contributed by atoms with van der Waals surface area (Å²) in [5.74, 6) is 2.22.